The Hall–Kier alpha value is -0.120. The highest BCUT2D eigenvalue weighted by atomic mass is 16.5. The Balaban J connectivity index is 1.88. The van der Waals surface area contributed by atoms with E-state index in [0.29, 0.717) is 12.0 Å². The van der Waals surface area contributed by atoms with Gasteiger partial charge in [0.1, 0.15) is 0 Å². The van der Waals surface area contributed by atoms with Gasteiger partial charge in [0.25, 0.3) is 0 Å². The minimum absolute atomic E-state index is 0.112. The molecule has 3 fully saturated rings. The lowest BCUT2D eigenvalue weighted by Gasteiger charge is -2.41. The molecule has 1 N–H and O–H groups in total. The number of aliphatic hydroxyl groups is 1. The highest BCUT2D eigenvalue weighted by Gasteiger charge is 2.66. The average Bonchev–Trinajstić information content (AvgIpc) is 2.62. The first-order valence-corrected chi connectivity index (χ1v) is 6.98. The van der Waals surface area contributed by atoms with E-state index in [4.69, 9.17) is 4.74 Å². The van der Waals surface area contributed by atoms with Crippen LogP contribution in [-0.4, -0.2) is 48.5 Å². The summed E-state index contributed by atoms with van der Waals surface area (Å²) in [6.45, 7) is 10.6. The second-order valence-electron chi connectivity index (χ2n) is 6.87. The zero-order chi connectivity index (χ0) is 12.3. The fourth-order valence-electron chi connectivity index (χ4n) is 4.62. The Kier molecular flexibility index (Phi) is 2.59. The van der Waals surface area contributed by atoms with Gasteiger partial charge in [-0.25, -0.2) is 0 Å². The standard InChI is InChI=1S/C14H25NO2/c1-13(2)10-4-5-14(13,3)12(16)11(10)15-6-8-17-9-7-15/h10-12,16H,4-9H2,1-3H3/t10?,11?,12?,14-/m0/s1. The van der Waals surface area contributed by atoms with Crippen LogP contribution in [0, 0.1) is 16.7 Å². The minimum Gasteiger partial charge on any atom is -0.391 e. The molecule has 1 saturated heterocycles. The van der Waals surface area contributed by atoms with E-state index >= 15 is 0 Å². The number of rotatable bonds is 1. The molecule has 0 aromatic carbocycles. The maximum Gasteiger partial charge on any atom is 0.0756 e. The Morgan fingerprint density at radius 1 is 1.18 bits per heavy atom. The average molecular weight is 239 g/mol. The van der Waals surface area contributed by atoms with E-state index < -0.39 is 0 Å². The third kappa shape index (κ3) is 1.39. The zero-order valence-electron chi connectivity index (χ0n) is 11.3. The van der Waals surface area contributed by atoms with Crippen LogP contribution < -0.4 is 0 Å². The van der Waals surface area contributed by atoms with E-state index in [9.17, 15) is 5.11 Å². The molecule has 3 heteroatoms. The van der Waals surface area contributed by atoms with Crippen LogP contribution >= 0.6 is 0 Å². The van der Waals surface area contributed by atoms with Gasteiger partial charge in [-0.1, -0.05) is 20.8 Å². The van der Waals surface area contributed by atoms with E-state index in [2.05, 4.69) is 25.7 Å². The molecule has 0 spiro atoms. The van der Waals surface area contributed by atoms with Gasteiger partial charge >= 0.3 is 0 Å². The predicted octanol–water partition coefficient (Wildman–Crippen LogP) is 1.50. The van der Waals surface area contributed by atoms with Crippen LogP contribution in [0.25, 0.3) is 0 Å². The smallest absolute Gasteiger partial charge is 0.0756 e. The number of hydrogen-bond acceptors (Lipinski definition) is 3. The quantitative estimate of drug-likeness (QED) is 0.753. The largest absolute Gasteiger partial charge is 0.391 e. The van der Waals surface area contributed by atoms with Gasteiger partial charge in [-0.2, -0.15) is 0 Å². The first-order valence-electron chi connectivity index (χ1n) is 6.98. The second-order valence-corrected chi connectivity index (χ2v) is 6.87. The van der Waals surface area contributed by atoms with Crippen molar-refractivity contribution in [2.75, 3.05) is 26.3 Å². The summed E-state index contributed by atoms with van der Waals surface area (Å²) in [5.41, 5.74) is 0.385. The molecule has 3 aliphatic rings. The highest BCUT2D eigenvalue weighted by molar-refractivity contribution is 5.17. The van der Waals surface area contributed by atoms with Crippen LogP contribution in [0.3, 0.4) is 0 Å². The normalized spacial score (nSPS) is 49.8. The van der Waals surface area contributed by atoms with Crippen molar-refractivity contribution in [3.05, 3.63) is 0 Å². The van der Waals surface area contributed by atoms with Crippen LogP contribution in [0.2, 0.25) is 0 Å². The molecular weight excluding hydrogens is 214 g/mol. The van der Waals surface area contributed by atoms with Crippen LogP contribution in [0.15, 0.2) is 0 Å². The molecule has 2 saturated carbocycles. The number of ether oxygens (including phenoxy) is 1. The lowest BCUT2D eigenvalue weighted by molar-refractivity contribution is -0.0596. The van der Waals surface area contributed by atoms with Crippen molar-refractivity contribution in [3.63, 3.8) is 0 Å². The van der Waals surface area contributed by atoms with Gasteiger partial charge in [-0.3, -0.25) is 4.90 Å². The lowest BCUT2D eigenvalue weighted by atomic mass is 9.70. The molecule has 1 aliphatic heterocycles. The highest BCUT2D eigenvalue weighted by Crippen LogP contribution is 2.66. The topological polar surface area (TPSA) is 32.7 Å². The number of fused-ring (bicyclic) bond motifs is 2. The van der Waals surface area contributed by atoms with Crippen molar-refractivity contribution in [1.82, 2.24) is 4.90 Å². The molecule has 1 heterocycles. The van der Waals surface area contributed by atoms with Crippen molar-refractivity contribution in [1.29, 1.82) is 0 Å². The van der Waals surface area contributed by atoms with E-state index in [-0.39, 0.29) is 16.9 Å². The van der Waals surface area contributed by atoms with Gasteiger partial charge in [0, 0.05) is 24.5 Å². The summed E-state index contributed by atoms with van der Waals surface area (Å²) in [7, 11) is 0. The monoisotopic (exact) mass is 239 g/mol. The van der Waals surface area contributed by atoms with Crippen molar-refractivity contribution in [2.45, 2.75) is 45.8 Å². The molecule has 0 radical (unpaired) electrons. The summed E-state index contributed by atoms with van der Waals surface area (Å²) in [4.78, 5) is 2.48. The van der Waals surface area contributed by atoms with Gasteiger partial charge in [0.2, 0.25) is 0 Å². The summed E-state index contributed by atoms with van der Waals surface area (Å²) in [6, 6.07) is 0.368. The number of hydrogen-bond donors (Lipinski definition) is 1. The molecule has 0 amide bonds. The maximum atomic E-state index is 10.7. The maximum absolute atomic E-state index is 10.7. The number of morpholine rings is 1. The molecular formula is C14H25NO2. The molecule has 98 valence electrons. The predicted molar refractivity (Wildman–Crippen MR) is 66.8 cm³/mol. The van der Waals surface area contributed by atoms with Crippen LogP contribution in [0.5, 0.6) is 0 Å². The van der Waals surface area contributed by atoms with E-state index in [1.54, 1.807) is 0 Å². The first-order chi connectivity index (χ1) is 7.98. The third-order valence-corrected chi connectivity index (χ3v) is 6.23. The summed E-state index contributed by atoms with van der Waals surface area (Å²) in [5.74, 6) is 0.653. The first kappa shape index (κ1) is 11.9. The number of nitrogens with zero attached hydrogens (tertiary/aromatic N) is 1. The zero-order valence-corrected chi connectivity index (χ0v) is 11.3. The summed E-state index contributed by atoms with van der Waals surface area (Å²) in [5, 5.41) is 10.7. The van der Waals surface area contributed by atoms with Gasteiger partial charge in [0.15, 0.2) is 0 Å². The lowest BCUT2D eigenvalue weighted by Crippen LogP contribution is -2.53. The van der Waals surface area contributed by atoms with Gasteiger partial charge in [-0.15, -0.1) is 0 Å². The molecule has 0 aromatic rings. The fraction of sp³-hybridized carbons (Fsp3) is 1.00. The Bertz CT molecular complexity index is 311. The Labute approximate surface area is 104 Å². The van der Waals surface area contributed by atoms with Crippen molar-refractivity contribution < 1.29 is 9.84 Å². The van der Waals surface area contributed by atoms with E-state index in [0.717, 1.165) is 26.3 Å². The molecule has 3 rings (SSSR count). The van der Waals surface area contributed by atoms with Gasteiger partial charge < -0.3 is 9.84 Å². The molecule has 0 aromatic heterocycles. The summed E-state index contributed by atoms with van der Waals surface area (Å²) in [6.07, 6.45) is 2.31. The van der Waals surface area contributed by atoms with Crippen molar-refractivity contribution in [2.24, 2.45) is 16.7 Å². The third-order valence-electron chi connectivity index (χ3n) is 6.23. The Morgan fingerprint density at radius 3 is 2.35 bits per heavy atom. The summed E-state index contributed by atoms with van der Waals surface area (Å²) < 4.78 is 5.43. The van der Waals surface area contributed by atoms with Crippen molar-refractivity contribution >= 4 is 0 Å². The van der Waals surface area contributed by atoms with E-state index in [1.165, 1.54) is 12.8 Å². The van der Waals surface area contributed by atoms with Gasteiger partial charge in [-0.05, 0) is 24.2 Å². The molecule has 4 atom stereocenters. The van der Waals surface area contributed by atoms with Gasteiger partial charge in [0.05, 0.1) is 19.3 Å². The van der Waals surface area contributed by atoms with Crippen molar-refractivity contribution in [3.8, 4) is 0 Å². The second kappa shape index (κ2) is 3.69. The molecule has 3 nitrogen and oxygen atoms in total. The minimum atomic E-state index is -0.158. The summed E-state index contributed by atoms with van der Waals surface area (Å²) >= 11 is 0. The molecule has 2 aliphatic carbocycles. The van der Waals surface area contributed by atoms with Crippen LogP contribution in [-0.2, 0) is 4.74 Å². The fourth-order valence-corrected chi connectivity index (χ4v) is 4.62. The number of aliphatic hydroxyl groups excluding tert-OH is 1. The Morgan fingerprint density at radius 2 is 1.82 bits per heavy atom. The molecule has 3 unspecified atom stereocenters. The molecule has 2 bridgehead atoms. The van der Waals surface area contributed by atoms with Crippen LogP contribution in [0.4, 0.5) is 0 Å². The SMILES string of the molecule is CC1(C)C2CC[C@@]1(C)C(O)C2N1CCOCC1. The van der Waals surface area contributed by atoms with E-state index in [1.807, 2.05) is 0 Å². The molecule has 17 heavy (non-hydrogen) atoms. The van der Waals surface area contributed by atoms with Crippen LogP contribution in [0.1, 0.15) is 33.6 Å².